The van der Waals surface area contributed by atoms with E-state index in [0.717, 1.165) is 12.1 Å². The summed E-state index contributed by atoms with van der Waals surface area (Å²) in [5, 5.41) is 2.11. The van der Waals surface area contributed by atoms with Crippen LogP contribution >= 0.6 is 0 Å². The number of anilines is 1. The van der Waals surface area contributed by atoms with Crippen molar-refractivity contribution >= 4 is 21.6 Å². The van der Waals surface area contributed by atoms with E-state index in [9.17, 15) is 26.4 Å². The van der Waals surface area contributed by atoms with Gasteiger partial charge in [0, 0.05) is 0 Å². The highest BCUT2D eigenvalue weighted by molar-refractivity contribution is 7.89. The van der Waals surface area contributed by atoms with Crippen LogP contribution in [0.5, 0.6) is 5.75 Å². The minimum atomic E-state index is -4.66. The van der Waals surface area contributed by atoms with E-state index >= 15 is 0 Å². The lowest BCUT2D eigenvalue weighted by Crippen LogP contribution is -2.41. The molecule has 0 aliphatic rings. The van der Waals surface area contributed by atoms with Crippen LogP contribution in [0.3, 0.4) is 0 Å². The van der Waals surface area contributed by atoms with Crippen LogP contribution < -0.4 is 14.8 Å². The van der Waals surface area contributed by atoms with Gasteiger partial charge in [0.1, 0.15) is 5.75 Å². The molecule has 0 fully saturated rings. The average molecular weight is 416 g/mol. The zero-order valence-corrected chi connectivity index (χ0v) is 15.9. The van der Waals surface area contributed by atoms with Gasteiger partial charge >= 0.3 is 6.18 Å². The largest absolute Gasteiger partial charge is 0.494 e. The molecule has 1 atom stereocenters. The summed E-state index contributed by atoms with van der Waals surface area (Å²) in [5.74, 6) is -0.442. The number of carbonyl (C=O) groups is 1. The van der Waals surface area contributed by atoms with Crippen LogP contribution in [0.25, 0.3) is 0 Å². The molecule has 0 saturated heterocycles. The molecule has 2 N–H and O–H groups in total. The second kappa shape index (κ2) is 8.61. The third-order valence-electron chi connectivity index (χ3n) is 3.66. The SMILES string of the molecule is CCOc1ccc(S(=O)(=O)N[C@@H](C)C(=O)Nc2ccccc2C(F)(F)F)cc1. The van der Waals surface area contributed by atoms with Gasteiger partial charge in [0.15, 0.2) is 0 Å². The monoisotopic (exact) mass is 416 g/mol. The molecule has 0 spiro atoms. The summed E-state index contributed by atoms with van der Waals surface area (Å²) >= 11 is 0. The number of nitrogens with one attached hydrogen (secondary N) is 2. The molecule has 0 saturated carbocycles. The fourth-order valence-corrected chi connectivity index (χ4v) is 3.52. The van der Waals surface area contributed by atoms with Gasteiger partial charge in [-0.1, -0.05) is 12.1 Å². The maximum atomic E-state index is 13.0. The molecule has 0 heterocycles. The number of sulfonamides is 1. The molecule has 0 radical (unpaired) electrons. The lowest BCUT2D eigenvalue weighted by Gasteiger charge is -2.17. The van der Waals surface area contributed by atoms with Crippen molar-refractivity contribution in [1.82, 2.24) is 4.72 Å². The van der Waals surface area contributed by atoms with Gasteiger partial charge in [-0.2, -0.15) is 17.9 Å². The van der Waals surface area contributed by atoms with E-state index in [-0.39, 0.29) is 4.90 Å². The maximum absolute atomic E-state index is 13.0. The highest BCUT2D eigenvalue weighted by Gasteiger charge is 2.34. The number of alkyl halides is 3. The van der Waals surface area contributed by atoms with E-state index in [1.165, 1.54) is 43.3 Å². The molecule has 0 bridgehead atoms. The second-order valence-electron chi connectivity index (χ2n) is 5.78. The van der Waals surface area contributed by atoms with Crippen molar-refractivity contribution in [3.8, 4) is 5.75 Å². The molecular formula is C18H19F3N2O4S. The number of ether oxygens (including phenoxy) is 1. The Morgan fingerprint density at radius 1 is 1.11 bits per heavy atom. The van der Waals surface area contributed by atoms with Crippen molar-refractivity contribution in [2.24, 2.45) is 0 Å². The van der Waals surface area contributed by atoms with Crippen LogP contribution in [0.1, 0.15) is 19.4 Å². The van der Waals surface area contributed by atoms with Gasteiger partial charge in [-0.3, -0.25) is 4.79 Å². The van der Waals surface area contributed by atoms with E-state index in [0.29, 0.717) is 12.4 Å². The predicted molar refractivity (Wildman–Crippen MR) is 97.5 cm³/mol. The number of rotatable bonds is 7. The minimum absolute atomic E-state index is 0.105. The number of halogens is 3. The van der Waals surface area contributed by atoms with Crippen LogP contribution in [0, 0.1) is 0 Å². The number of hydrogen-bond acceptors (Lipinski definition) is 4. The molecular weight excluding hydrogens is 397 g/mol. The highest BCUT2D eigenvalue weighted by atomic mass is 32.2. The van der Waals surface area contributed by atoms with Gasteiger partial charge in [0.25, 0.3) is 0 Å². The summed E-state index contributed by atoms with van der Waals surface area (Å²) < 4.78 is 71.2. The molecule has 0 aliphatic carbocycles. The third-order valence-corrected chi connectivity index (χ3v) is 5.22. The Morgan fingerprint density at radius 2 is 1.71 bits per heavy atom. The summed E-state index contributed by atoms with van der Waals surface area (Å²) in [6, 6.07) is 8.66. The Kier molecular flexibility index (Phi) is 6.68. The van der Waals surface area contributed by atoms with Gasteiger partial charge in [-0.05, 0) is 50.2 Å². The van der Waals surface area contributed by atoms with Crippen molar-refractivity contribution in [3.63, 3.8) is 0 Å². The molecule has 2 aromatic rings. The van der Waals surface area contributed by atoms with Crippen LogP contribution in [0.4, 0.5) is 18.9 Å². The Hall–Kier alpha value is -2.59. The number of hydrogen-bond donors (Lipinski definition) is 2. The lowest BCUT2D eigenvalue weighted by atomic mass is 10.1. The Balaban J connectivity index is 2.12. The summed E-state index contributed by atoms with van der Waals surface area (Å²) in [5.41, 5.74) is -1.47. The fraction of sp³-hybridized carbons (Fsp3) is 0.278. The highest BCUT2D eigenvalue weighted by Crippen LogP contribution is 2.34. The number of para-hydroxylation sites is 1. The number of amides is 1. The standard InChI is InChI=1S/C18H19F3N2O4S/c1-3-27-13-8-10-14(11-9-13)28(25,26)23-12(2)17(24)22-16-7-5-4-6-15(16)18(19,20)21/h4-12,23H,3H2,1-2H3,(H,22,24)/t12-/m0/s1. The van der Waals surface area contributed by atoms with Gasteiger partial charge < -0.3 is 10.1 Å². The fourth-order valence-electron chi connectivity index (χ4n) is 2.32. The van der Waals surface area contributed by atoms with Crippen LogP contribution in [-0.4, -0.2) is 27.0 Å². The summed E-state index contributed by atoms with van der Waals surface area (Å²) in [4.78, 5) is 12.1. The van der Waals surface area contributed by atoms with E-state index in [4.69, 9.17) is 4.74 Å². The van der Waals surface area contributed by atoms with E-state index in [2.05, 4.69) is 10.0 Å². The first-order chi connectivity index (χ1) is 13.0. The first kappa shape index (κ1) is 21.7. The molecule has 2 aromatic carbocycles. The van der Waals surface area contributed by atoms with Crippen molar-refractivity contribution in [2.45, 2.75) is 31.0 Å². The Bertz CT molecular complexity index is 929. The van der Waals surface area contributed by atoms with Crippen molar-refractivity contribution in [1.29, 1.82) is 0 Å². The molecule has 6 nitrogen and oxygen atoms in total. The molecule has 0 aliphatic heterocycles. The average Bonchev–Trinajstić information content (AvgIpc) is 2.61. The van der Waals surface area contributed by atoms with E-state index < -0.39 is 39.4 Å². The zero-order chi connectivity index (χ0) is 20.9. The molecule has 0 unspecified atom stereocenters. The molecule has 2 rings (SSSR count). The molecule has 152 valence electrons. The van der Waals surface area contributed by atoms with Crippen molar-refractivity contribution in [2.75, 3.05) is 11.9 Å². The summed E-state index contributed by atoms with van der Waals surface area (Å²) in [6.07, 6.45) is -4.66. The molecule has 10 heteroatoms. The molecule has 0 aromatic heterocycles. The first-order valence-electron chi connectivity index (χ1n) is 8.27. The molecule has 1 amide bonds. The van der Waals surface area contributed by atoms with Crippen LogP contribution in [-0.2, 0) is 21.0 Å². The lowest BCUT2D eigenvalue weighted by molar-refractivity contribution is -0.137. The topological polar surface area (TPSA) is 84.5 Å². The van der Waals surface area contributed by atoms with Crippen LogP contribution in [0.15, 0.2) is 53.4 Å². The van der Waals surface area contributed by atoms with Gasteiger partial charge in [-0.15, -0.1) is 0 Å². The third kappa shape index (κ3) is 5.46. The smallest absolute Gasteiger partial charge is 0.418 e. The Labute approximate surface area is 160 Å². The van der Waals surface area contributed by atoms with Crippen molar-refractivity contribution < 1.29 is 31.1 Å². The Morgan fingerprint density at radius 3 is 2.29 bits per heavy atom. The first-order valence-corrected chi connectivity index (χ1v) is 9.75. The quantitative estimate of drug-likeness (QED) is 0.725. The predicted octanol–water partition coefficient (Wildman–Crippen LogP) is 3.41. The summed E-state index contributed by atoms with van der Waals surface area (Å²) in [6.45, 7) is 3.43. The van der Waals surface area contributed by atoms with E-state index in [1.54, 1.807) is 6.92 Å². The normalized spacial score (nSPS) is 13.0. The maximum Gasteiger partial charge on any atom is 0.418 e. The van der Waals surface area contributed by atoms with Crippen molar-refractivity contribution in [3.05, 3.63) is 54.1 Å². The van der Waals surface area contributed by atoms with Crippen LogP contribution in [0.2, 0.25) is 0 Å². The summed E-state index contributed by atoms with van der Waals surface area (Å²) in [7, 11) is -4.06. The zero-order valence-electron chi connectivity index (χ0n) is 15.1. The van der Waals surface area contributed by atoms with Gasteiger partial charge in [0.05, 0.1) is 28.8 Å². The second-order valence-corrected chi connectivity index (χ2v) is 7.49. The van der Waals surface area contributed by atoms with E-state index in [1.807, 2.05) is 0 Å². The van der Waals surface area contributed by atoms with Gasteiger partial charge in [-0.25, -0.2) is 8.42 Å². The number of benzene rings is 2. The number of carbonyl (C=O) groups excluding carboxylic acids is 1. The van der Waals surface area contributed by atoms with Gasteiger partial charge in [0.2, 0.25) is 15.9 Å². The molecule has 28 heavy (non-hydrogen) atoms. The minimum Gasteiger partial charge on any atom is -0.494 e.